The molecule has 1 aliphatic heterocycles. The first-order valence-electron chi connectivity index (χ1n) is 3.04. The Morgan fingerprint density at radius 1 is 1.00 bits per heavy atom. The molecule has 0 aromatic heterocycles. The molecule has 0 bridgehead atoms. The van der Waals surface area contributed by atoms with E-state index < -0.39 is 0 Å². The molecule has 0 aromatic carbocycles. The zero-order valence-electron chi connectivity index (χ0n) is 5.39. The minimum absolute atomic E-state index is 0.281. The summed E-state index contributed by atoms with van der Waals surface area (Å²) >= 11 is 0. The van der Waals surface area contributed by atoms with E-state index in [9.17, 15) is 0 Å². The van der Waals surface area contributed by atoms with Gasteiger partial charge in [0, 0.05) is 0 Å². The summed E-state index contributed by atoms with van der Waals surface area (Å²) in [4.78, 5) is 0. The van der Waals surface area contributed by atoms with E-state index in [0.29, 0.717) is 0 Å². The molecule has 1 saturated heterocycles. The Hall–Kier alpha value is -0.0800. The van der Waals surface area contributed by atoms with E-state index in [4.69, 9.17) is 9.47 Å². The summed E-state index contributed by atoms with van der Waals surface area (Å²) < 4.78 is 10.5. The quantitative estimate of drug-likeness (QED) is 0.466. The summed E-state index contributed by atoms with van der Waals surface area (Å²) in [7, 11) is 0. The Morgan fingerprint density at radius 2 is 1.38 bits per heavy atom. The molecule has 1 fully saturated rings. The fourth-order valence-corrected chi connectivity index (χ4v) is 0.739. The number of hydrogen-bond acceptors (Lipinski definition) is 2. The molecule has 1 rings (SSSR count). The van der Waals surface area contributed by atoms with Crippen molar-refractivity contribution >= 4 is 0 Å². The fraction of sp³-hybridized carbons (Fsp3) is 1.00. The van der Waals surface area contributed by atoms with E-state index >= 15 is 0 Å². The molecule has 0 N–H and O–H groups in total. The maximum atomic E-state index is 5.27. The predicted molar refractivity (Wildman–Crippen MR) is 30.8 cm³/mol. The molecule has 0 amide bonds. The highest BCUT2D eigenvalue weighted by molar-refractivity contribution is 4.63. The summed E-state index contributed by atoms with van der Waals surface area (Å²) in [6.45, 7) is 5.57. The molecular weight excluding hydrogens is 104 g/mol. The third-order valence-corrected chi connectivity index (χ3v) is 1.51. The SMILES string of the molecule is C[C@@H]1OCCO[C@@H]1C. The largest absolute Gasteiger partial charge is 0.373 e. The van der Waals surface area contributed by atoms with Gasteiger partial charge in [-0.15, -0.1) is 0 Å². The van der Waals surface area contributed by atoms with Crippen LogP contribution >= 0.6 is 0 Å². The zero-order chi connectivity index (χ0) is 5.98. The highest BCUT2D eigenvalue weighted by atomic mass is 16.6. The first-order valence-corrected chi connectivity index (χ1v) is 3.04. The summed E-state index contributed by atoms with van der Waals surface area (Å²) in [5.74, 6) is 0. The van der Waals surface area contributed by atoms with Crippen molar-refractivity contribution in [3.63, 3.8) is 0 Å². The lowest BCUT2D eigenvalue weighted by Gasteiger charge is -2.25. The van der Waals surface area contributed by atoms with Crippen LogP contribution in [0, 0.1) is 0 Å². The molecule has 2 nitrogen and oxygen atoms in total. The average Bonchev–Trinajstić information content (AvgIpc) is 1.77. The fourth-order valence-electron chi connectivity index (χ4n) is 0.739. The number of ether oxygens (including phenoxy) is 2. The first kappa shape index (κ1) is 6.05. The lowest BCUT2D eigenvalue weighted by molar-refractivity contribution is -0.124. The number of hydrogen-bond donors (Lipinski definition) is 0. The van der Waals surface area contributed by atoms with Gasteiger partial charge in [-0.05, 0) is 13.8 Å². The van der Waals surface area contributed by atoms with Crippen LogP contribution in [0.25, 0.3) is 0 Å². The lowest BCUT2D eigenvalue weighted by Crippen LogP contribution is -2.33. The van der Waals surface area contributed by atoms with Crippen molar-refractivity contribution in [2.75, 3.05) is 13.2 Å². The van der Waals surface area contributed by atoms with Crippen LogP contribution in [0.3, 0.4) is 0 Å². The van der Waals surface area contributed by atoms with E-state index in [1.54, 1.807) is 0 Å². The van der Waals surface area contributed by atoms with E-state index in [-0.39, 0.29) is 12.2 Å². The van der Waals surface area contributed by atoms with Crippen molar-refractivity contribution in [2.45, 2.75) is 26.1 Å². The van der Waals surface area contributed by atoms with Crippen LogP contribution in [-0.2, 0) is 9.47 Å². The van der Waals surface area contributed by atoms with Gasteiger partial charge in [0.1, 0.15) is 0 Å². The number of rotatable bonds is 0. The monoisotopic (exact) mass is 116 g/mol. The first-order chi connectivity index (χ1) is 3.80. The van der Waals surface area contributed by atoms with Gasteiger partial charge in [0.25, 0.3) is 0 Å². The van der Waals surface area contributed by atoms with Crippen LogP contribution in [0.5, 0.6) is 0 Å². The smallest absolute Gasteiger partial charge is 0.0807 e. The Morgan fingerprint density at radius 3 is 1.62 bits per heavy atom. The van der Waals surface area contributed by atoms with Crippen LogP contribution in [0.4, 0.5) is 0 Å². The molecule has 0 spiro atoms. The normalized spacial score (nSPS) is 39.8. The molecule has 1 heterocycles. The molecule has 0 aromatic rings. The zero-order valence-corrected chi connectivity index (χ0v) is 5.39. The molecule has 8 heavy (non-hydrogen) atoms. The minimum atomic E-state index is 0.281. The van der Waals surface area contributed by atoms with Gasteiger partial charge in [-0.3, -0.25) is 0 Å². The predicted octanol–water partition coefficient (Wildman–Crippen LogP) is 0.810. The van der Waals surface area contributed by atoms with Crippen LogP contribution in [0.15, 0.2) is 0 Å². The Labute approximate surface area is 49.8 Å². The van der Waals surface area contributed by atoms with Gasteiger partial charge in [-0.2, -0.15) is 0 Å². The Kier molecular flexibility index (Phi) is 1.86. The van der Waals surface area contributed by atoms with Gasteiger partial charge in [0.05, 0.1) is 25.4 Å². The molecule has 0 radical (unpaired) electrons. The maximum absolute atomic E-state index is 5.27. The molecule has 48 valence electrons. The molecule has 1 aliphatic rings. The molecule has 0 aliphatic carbocycles. The van der Waals surface area contributed by atoms with Crippen molar-refractivity contribution in [3.8, 4) is 0 Å². The van der Waals surface area contributed by atoms with E-state index in [2.05, 4.69) is 0 Å². The second-order valence-electron chi connectivity index (χ2n) is 2.15. The van der Waals surface area contributed by atoms with Crippen LogP contribution < -0.4 is 0 Å². The van der Waals surface area contributed by atoms with Gasteiger partial charge in [0.2, 0.25) is 0 Å². The summed E-state index contributed by atoms with van der Waals surface area (Å²) in [6.07, 6.45) is 0.562. The van der Waals surface area contributed by atoms with Crippen molar-refractivity contribution in [1.29, 1.82) is 0 Å². The van der Waals surface area contributed by atoms with Gasteiger partial charge in [-0.25, -0.2) is 0 Å². The molecular formula is C6H12O2. The standard InChI is InChI=1S/C6H12O2/c1-5-6(2)8-4-3-7-5/h5-6H,3-4H2,1-2H3/t5-,6+. The van der Waals surface area contributed by atoms with Gasteiger partial charge >= 0.3 is 0 Å². The van der Waals surface area contributed by atoms with E-state index in [0.717, 1.165) is 13.2 Å². The molecule has 2 atom stereocenters. The van der Waals surface area contributed by atoms with Crippen molar-refractivity contribution in [3.05, 3.63) is 0 Å². The highest BCUT2D eigenvalue weighted by Crippen LogP contribution is 2.07. The summed E-state index contributed by atoms with van der Waals surface area (Å²) in [5.41, 5.74) is 0. The maximum Gasteiger partial charge on any atom is 0.0807 e. The van der Waals surface area contributed by atoms with Crippen LogP contribution in [0.1, 0.15) is 13.8 Å². The van der Waals surface area contributed by atoms with Crippen LogP contribution in [-0.4, -0.2) is 25.4 Å². The van der Waals surface area contributed by atoms with Crippen LogP contribution in [0.2, 0.25) is 0 Å². The minimum Gasteiger partial charge on any atom is -0.373 e. The summed E-state index contributed by atoms with van der Waals surface area (Å²) in [6, 6.07) is 0. The second kappa shape index (κ2) is 2.46. The topological polar surface area (TPSA) is 18.5 Å². The Balaban J connectivity index is 2.28. The third kappa shape index (κ3) is 1.20. The summed E-state index contributed by atoms with van der Waals surface area (Å²) in [5, 5.41) is 0. The molecule has 0 saturated carbocycles. The van der Waals surface area contributed by atoms with Crippen molar-refractivity contribution in [2.24, 2.45) is 0 Å². The highest BCUT2D eigenvalue weighted by Gasteiger charge is 2.16. The third-order valence-electron chi connectivity index (χ3n) is 1.51. The van der Waals surface area contributed by atoms with E-state index in [1.165, 1.54) is 0 Å². The molecule has 0 unspecified atom stereocenters. The van der Waals surface area contributed by atoms with Gasteiger partial charge < -0.3 is 9.47 Å². The van der Waals surface area contributed by atoms with Crippen molar-refractivity contribution < 1.29 is 9.47 Å². The van der Waals surface area contributed by atoms with E-state index in [1.807, 2.05) is 13.8 Å². The molecule has 2 heteroatoms. The van der Waals surface area contributed by atoms with Gasteiger partial charge in [0.15, 0.2) is 0 Å². The average molecular weight is 116 g/mol. The lowest BCUT2D eigenvalue weighted by atomic mass is 10.2. The second-order valence-corrected chi connectivity index (χ2v) is 2.15. The Bertz CT molecular complexity index is 62.9. The van der Waals surface area contributed by atoms with Crippen molar-refractivity contribution in [1.82, 2.24) is 0 Å². The van der Waals surface area contributed by atoms with Gasteiger partial charge in [-0.1, -0.05) is 0 Å².